The molecule has 1 N–H and O–H groups in total. The maximum atomic E-state index is 13.2. The maximum Gasteiger partial charge on any atom is 0.276 e. The van der Waals surface area contributed by atoms with Gasteiger partial charge >= 0.3 is 0 Å². The number of nitrogens with zero attached hydrogens (tertiary/aromatic N) is 1. The minimum absolute atomic E-state index is 0.214. The fourth-order valence-electron chi connectivity index (χ4n) is 5.47. The van der Waals surface area contributed by atoms with Crippen molar-refractivity contribution in [2.45, 2.75) is 56.8 Å². The molecule has 4 aromatic rings. The molecular weight excluding hydrogens is 488 g/mol. The standard InChI is InChI=1S/C33H34N2O2S/c1-24-8-14-27(15-9-24)22-33(23-28-16-10-25(2)11-17-28)31-7-5-4-6-29(31)18-21-32(33)34-35-38(36,37)30-19-12-26(3)13-20-30/h4-17,19-20,35H,18,21-23H2,1-3H3/b34-32+. The van der Waals surface area contributed by atoms with Crippen molar-refractivity contribution in [2.75, 3.05) is 0 Å². The van der Waals surface area contributed by atoms with Gasteiger partial charge in [0.1, 0.15) is 0 Å². The summed E-state index contributed by atoms with van der Waals surface area (Å²) >= 11 is 0. The van der Waals surface area contributed by atoms with E-state index in [0.717, 1.165) is 30.5 Å². The highest BCUT2D eigenvalue weighted by Gasteiger charge is 2.42. The average Bonchev–Trinajstić information content (AvgIpc) is 2.91. The van der Waals surface area contributed by atoms with Crippen molar-refractivity contribution in [3.05, 3.63) is 136 Å². The number of hydrogen-bond donors (Lipinski definition) is 1. The fraction of sp³-hybridized carbons (Fsp3) is 0.242. The smallest absolute Gasteiger partial charge is 0.200 e. The molecule has 5 rings (SSSR count). The predicted octanol–water partition coefficient (Wildman–Crippen LogP) is 6.62. The monoisotopic (exact) mass is 522 g/mol. The summed E-state index contributed by atoms with van der Waals surface area (Å²) in [5, 5.41) is 4.71. The zero-order valence-electron chi connectivity index (χ0n) is 22.2. The molecule has 0 saturated carbocycles. The SMILES string of the molecule is Cc1ccc(CC2(Cc3ccc(C)cc3)/C(=N/NS(=O)(=O)c3ccc(C)cc3)CCc3ccccc32)cc1. The molecule has 0 bridgehead atoms. The van der Waals surface area contributed by atoms with Crippen LogP contribution in [0.5, 0.6) is 0 Å². The van der Waals surface area contributed by atoms with Crippen LogP contribution < -0.4 is 4.83 Å². The number of aryl methyl sites for hydroxylation is 4. The van der Waals surface area contributed by atoms with Gasteiger partial charge in [-0.1, -0.05) is 102 Å². The lowest BCUT2D eigenvalue weighted by molar-refractivity contribution is 0.528. The van der Waals surface area contributed by atoms with Crippen molar-refractivity contribution in [3.8, 4) is 0 Å². The summed E-state index contributed by atoms with van der Waals surface area (Å²) in [5.74, 6) is 0. The molecule has 0 heterocycles. The van der Waals surface area contributed by atoms with Crippen LogP contribution in [0, 0.1) is 20.8 Å². The molecule has 0 aromatic heterocycles. The Morgan fingerprint density at radius 1 is 0.684 bits per heavy atom. The van der Waals surface area contributed by atoms with Gasteiger partial charge in [-0.2, -0.15) is 13.5 Å². The summed E-state index contributed by atoms with van der Waals surface area (Å²) in [6, 6.07) is 32.7. The van der Waals surface area contributed by atoms with E-state index < -0.39 is 15.4 Å². The summed E-state index contributed by atoms with van der Waals surface area (Å²) in [7, 11) is -3.80. The van der Waals surface area contributed by atoms with Gasteiger partial charge in [-0.3, -0.25) is 0 Å². The molecule has 0 unspecified atom stereocenters. The summed E-state index contributed by atoms with van der Waals surface area (Å²) in [4.78, 5) is 2.81. The van der Waals surface area contributed by atoms with Crippen molar-refractivity contribution in [1.82, 2.24) is 4.83 Å². The van der Waals surface area contributed by atoms with Gasteiger partial charge in [-0.15, -0.1) is 0 Å². The van der Waals surface area contributed by atoms with E-state index in [1.54, 1.807) is 24.3 Å². The molecule has 1 aliphatic carbocycles. The number of hydrazone groups is 1. The summed E-state index contributed by atoms with van der Waals surface area (Å²) in [6.45, 7) is 6.12. The first-order chi connectivity index (χ1) is 18.2. The Kier molecular flexibility index (Phi) is 7.22. The Balaban J connectivity index is 1.64. The summed E-state index contributed by atoms with van der Waals surface area (Å²) in [6.07, 6.45) is 2.96. The van der Waals surface area contributed by atoms with Crippen LogP contribution in [-0.4, -0.2) is 14.1 Å². The fourth-order valence-corrected chi connectivity index (χ4v) is 6.30. The molecule has 4 nitrogen and oxygen atoms in total. The van der Waals surface area contributed by atoms with Gasteiger partial charge in [0.25, 0.3) is 10.0 Å². The van der Waals surface area contributed by atoms with Gasteiger partial charge in [-0.25, -0.2) is 4.83 Å². The van der Waals surface area contributed by atoms with E-state index >= 15 is 0 Å². The molecule has 194 valence electrons. The number of nitrogens with one attached hydrogen (secondary N) is 1. The number of benzene rings is 4. The van der Waals surface area contributed by atoms with Crippen LogP contribution >= 0.6 is 0 Å². The van der Waals surface area contributed by atoms with Crippen molar-refractivity contribution in [1.29, 1.82) is 0 Å². The first-order valence-electron chi connectivity index (χ1n) is 13.1. The molecule has 4 aromatic carbocycles. The molecule has 0 atom stereocenters. The Bertz CT molecular complexity index is 1510. The lowest BCUT2D eigenvalue weighted by Crippen LogP contribution is -2.45. The number of hydrogen-bond acceptors (Lipinski definition) is 3. The van der Waals surface area contributed by atoms with Crippen molar-refractivity contribution < 1.29 is 8.42 Å². The number of rotatable bonds is 7. The van der Waals surface area contributed by atoms with Crippen LogP contribution in [0.2, 0.25) is 0 Å². The summed E-state index contributed by atoms with van der Waals surface area (Å²) in [5.41, 5.74) is 8.74. The van der Waals surface area contributed by atoms with Crippen molar-refractivity contribution >= 4 is 15.7 Å². The number of sulfonamides is 1. The quantitative estimate of drug-likeness (QED) is 0.278. The normalized spacial score (nSPS) is 15.7. The van der Waals surface area contributed by atoms with E-state index in [9.17, 15) is 8.42 Å². The van der Waals surface area contributed by atoms with Gasteiger partial charge in [0.15, 0.2) is 0 Å². The summed E-state index contributed by atoms with van der Waals surface area (Å²) < 4.78 is 26.4. The van der Waals surface area contributed by atoms with Crippen LogP contribution in [0.25, 0.3) is 0 Å². The van der Waals surface area contributed by atoms with Crippen LogP contribution in [0.15, 0.2) is 107 Å². The molecule has 0 spiro atoms. The van der Waals surface area contributed by atoms with Crippen molar-refractivity contribution in [3.63, 3.8) is 0 Å². The zero-order chi connectivity index (χ0) is 26.8. The molecule has 5 heteroatoms. The Morgan fingerprint density at radius 2 is 1.18 bits per heavy atom. The first kappa shape index (κ1) is 25.9. The number of fused-ring (bicyclic) bond motifs is 1. The molecule has 38 heavy (non-hydrogen) atoms. The van der Waals surface area contributed by atoms with Crippen LogP contribution in [0.4, 0.5) is 0 Å². The molecule has 0 aliphatic heterocycles. The van der Waals surface area contributed by atoms with Gasteiger partial charge < -0.3 is 0 Å². The zero-order valence-corrected chi connectivity index (χ0v) is 23.1. The van der Waals surface area contributed by atoms with Crippen LogP contribution in [0.3, 0.4) is 0 Å². The first-order valence-corrected chi connectivity index (χ1v) is 14.6. The van der Waals surface area contributed by atoms with E-state index in [2.05, 4.69) is 91.5 Å². The highest BCUT2D eigenvalue weighted by Crippen LogP contribution is 2.41. The second-order valence-electron chi connectivity index (χ2n) is 10.5. The highest BCUT2D eigenvalue weighted by molar-refractivity contribution is 7.89. The molecule has 0 fully saturated rings. The van der Waals surface area contributed by atoms with Gasteiger partial charge in [0.05, 0.1) is 10.6 Å². The van der Waals surface area contributed by atoms with E-state index in [1.165, 1.54) is 33.4 Å². The third-order valence-corrected chi connectivity index (χ3v) is 8.83. The molecule has 0 radical (unpaired) electrons. The van der Waals surface area contributed by atoms with Crippen LogP contribution in [-0.2, 0) is 34.7 Å². The third-order valence-electron chi connectivity index (χ3n) is 7.60. The predicted molar refractivity (Wildman–Crippen MR) is 155 cm³/mol. The minimum atomic E-state index is -3.80. The Morgan fingerprint density at radius 3 is 1.74 bits per heavy atom. The minimum Gasteiger partial charge on any atom is -0.200 e. The van der Waals surface area contributed by atoms with Gasteiger partial charge in [-0.05, 0) is 80.8 Å². The third kappa shape index (κ3) is 5.44. The molecule has 0 saturated heterocycles. The highest BCUT2D eigenvalue weighted by atomic mass is 32.2. The van der Waals surface area contributed by atoms with E-state index in [1.807, 2.05) is 6.92 Å². The Labute approximate surface area is 226 Å². The lowest BCUT2D eigenvalue weighted by Gasteiger charge is -2.41. The second-order valence-corrected chi connectivity index (χ2v) is 12.2. The molecular formula is C33H34N2O2S. The molecule has 1 aliphatic rings. The largest absolute Gasteiger partial charge is 0.276 e. The Hall–Kier alpha value is -3.70. The van der Waals surface area contributed by atoms with Crippen molar-refractivity contribution in [2.24, 2.45) is 5.10 Å². The van der Waals surface area contributed by atoms with Crippen LogP contribution in [0.1, 0.15) is 45.4 Å². The van der Waals surface area contributed by atoms with Gasteiger partial charge in [0.2, 0.25) is 0 Å². The maximum absolute atomic E-state index is 13.2. The second kappa shape index (κ2) is 10.6. The molecule has 0 amide bonds. The van der Waals surface area contributed by atoms with E-state index in [4.69, 9.17) is 5.10 Å². The average molecular weight is 523 g/mol. The van der Waals surface area contributed by atoms with E-state index in [-0.39, 0.29) is 4.90 Å². The lowest BCUT2D eigenvalue weighted by atomic mass is 9.62. The topological polar surface area (TPSA) is 58.5 Å². The van der Waals surface area contributed by atoms with Gasteiger partial charge in [0, 0.05) is 5.41 Å². The van der Waals surface area contributed by atoms with E-state index in [0.29, 0.717) is 6.42 Å².